The van der Waals surface area contributed by atoms with Crippen molar-refractivity contribution >= 4 is 43.7 Å². The van der Waals surface area contributed by atoms with Crippen LogP contribution in [0.4, 0.5) is 0 Å². The minimum atomic E-state index is -0.142. The molecule has 37 heavy (non-hydrogen) atoms. The van der Waals surface area contributed by atoms with Crippen molar-refractivity contribution in [1.29, 1.82) is 0 Å². The molecule has 1 aliphatic rings. The lowest BCUT2D eigenvalue weighted by molar-refractivity contribution is 0.0621. The number of imide groups is 1. The highest BCUT2D eigenvalue weighted by Gasteiger charge is 2.39. The van der Waals surface area contributed by atoms with Crippen LogP contribution in [0.1, 0.15) is 163 Å². The molecule has 0 saturated heterocycles. The lowest BCUT2D eigenvalue weighted by atomic mass is 9.93. The maximum absolute atomic E-state index is 13.2. The summed E-state index contributed by atoms with van der Waals surface area (Å²) in [7, 11) is 0. The molecule has 1 aliphatic heterocycles. The van der Waals surface area contributed by atoms with Gasteiger partial charge in [-0.15, -0.1) is 0 Å². The normalized spacial score (nSPS) is 14.0. The second kappa shape index (κ2) is 19.4. The van der Waals surface area contributed by atoms with Gasteiger partial charge in [0.15, 0.2) is 0 Å². The molecule has 210 valence electrons. The van der Waals surface area contributed by atoms with Crippen molar-refractivity contribution in [3.8, 4) is 0 Å². The van der Waals surface area contributed by atoms with Crippen molar-refractivity contribution in [2.24, 2.45) is 5.92 Å². The first kappa shape index (κ1) is 32.5. The molecule has 5 heteroatoms. The molecule has 0 aromatic heterocycles. The van der Waals surface area contributed by atoms with Crippen LogP contribution < -0.4 is 0 Å². The van der Waals surface area contributed by atoms with Gasteiger partial charge < -0.3 is 0 Å². The third kappa shape index (κ3) is 11.5. The smallest absolute Gasteiger partial charge is 0.262 e. The summed E-state index contributed by atoms with van der Waals surface area (Å²) in [5, 5.41) is 0. The van der Waals surface area contributed by atoms with Crippen molar-refractivity contribution in [3.63, 3.8) is 0 Å². The maximum Gasteiger partial charge on any atom is 0.262 e. The Balaban J connectivity index is 1.81. The molecule has 0 fully saturated rings. The quantitative estimate of drug-likeness (QED) is 0.0933. The maximum atomic E-state index is 13.2. The summed E-state index contributed by atoms with van der Waals surface area (Å²) in [6.45, 7) is 5.09. The molecule has 0 bridgehead atoms. The average Bonchev–Trinajstić information content (AvgIpc) is 3.14. The van der Waals surface area contributed by atoms with Gasteiger partial charge in [-0.3, -0.25) is 14.5 Å². The monoisotopic (exact) mass is 639 g/mol. The van der Waals surface area contributed by atoms with Crippen LogP contribution in [0.2, 0.25) is 0 Å². The number of nitrogens with zero attached hydrogens (tertiary/aromatic N) is 1. The van der Waals surface area contributed by atoms with Gasteiger partial charge in [0.1, 0.15) is 0 Å². The van der Waals surface area contributed by atoms with E-state index in [0.29, 0.717) is 32.5 Å². The second-order valence-corrected chi connectivity index (χ2v) is 12.8. The summed E-state index contributed by atoms with van der Waals surface area (Å²) in [6.07, 6.45) is 26.0. The number of halogens is 2. The standard InChI is InChI=1S/C32H51Br2NO2/c1-3-5-7-9-11-13-14-16-18-20-22-26(21-19-17-15-12-10-8-6-4-2)25-35-31(36)29-27(33)23-24-28(34)30(29)32(35)37/h23-24,26H,3-22,25H2,1-2H3. The molecule has 1 aromatic rings. The minimum Gasteiger partial charge on any atom is -0.274 e. The van der Waals surface area contributed by atoms with Crippen molar-refractivity contribution in [2.75, 3.05) is 6.54 Å². The fourth-order valence-electron chi connectivity index (χ4n) is 5.57. The van der Waals surface area contributed by atoms with Crippen LogP contribution in [-0.4, -0.2) is 23.3 Å². The SMILES string of the molecule is CCCCCCCCCCCCC(CCCCCCCCCC)CN1C(=O)c2c(Br)ccc(Br)c2C1=O. The third-order valence-corrected chi connectivity index (χ3v) is 9.22. The van der Waals surface area contributed by atoms with E-state index < -0.39 is 0 Å². The number of carbonyl (C=O) groups excluding carboxylic acids is 2. The van der Waals surface area contributed by atoms with Gasteiger partial charge in [0.2, 0.25) is 0 Å². The first-order valence-corrected chi connectivity index (χ1v) is 16.9. The largest absolute Gasteiger partial charge is 0.274 e. The number of fused-ring (bicyclic) bond motifs is 1. The minimum absolute atomic E-state index is 0.142. The van der Waals surface area contributed by atoms with E-state index in [1.165, 1.54) is 120 Å². The highest BCUT2D eigenvalue weighted by molar-refractivity contribution is 9.11. The van der Waals surface area contributed by atoms with Gasteiger partial charge in [0, 0.05) is 15.5 Å². The van der Waals surface area contributed by atoms with E-state index in [-0.39, 0.29) is 11.8 Å². The van der Waals surface area contributed by atoms with Crippen LogP contribution in [0.25, 0.3) is 0 Å². The van der Waals surface area contributed by atoms with Crippen molar-refractivity contribution in [2.45, 2.75) is 142 Å². The average molecular weight is 642 g/mol. The summed E-state index contributed by atoms with van der Waals surface area (Å²) >= 11 is 6.99. The van der Waals surface area contributed by atoms with E-state index in [2.05, 4.69) is 45.7 Å². The van der Waals surface area contributed by atoms with E-state index in [0.717, 1.165) is 12.8 Å². The molecule has 2 amide bonds. The predicted octanol–water partition coefficient (Wildman–Crippen LogP) is 11.3. The predicted molar refractivity (Wildman–Crippen MR) is 164 cm³/mol. The van der Waals surface area contributed by atoms with E-state index >= 15 is 0 Å². The van der Waals surface area contributed by atoms with Crippen LogP contribution in [0.5, 0.6) is 0 Å². The number of hydrogen-bond acceptors (Lipinski definition) is 2. The molecule has 0 aliphatic carbocycles. The van der Waals surface area contributed by atoms with Crippen molar-refractivity contribution < 1.29 is 9.59 Å². The molecular weight excluding hydrogens is 590 g/mol. The van der Waals surface area contributed by atoms with E-state index in [1.54, 1.807) is 0 Å². The Labute approximate surface area is 244 Å². The number of benzene rings is 1. The van der Waals surface area contributed by atoms with Gasteiger partial charge in [-0.1, -0.05) is 129 Å². The molecule has 0 radical (unpaired) electrons. The Morgan fingerprint density at radius 2 is 0.892 bits per heavy atom. The number of rotatable bonds is 22. The van der Waals surface area contributed by atoms with Gasteiger partial charge in [-0.05, 0) is 62.8 Å². The molecule has 0 N–H and O–H groups in total. The lowest BCUT2D eigenvalue weighted by Crippen LogP contribution is -2.34. The Morgan fingerprint density at radius 1 is 0.568 bits per heavy atom. The van der Waals surface area contributed by atoms with Gasteiger partial charge in [-0.2, -0.15) is 0 Å². The van der Waals surface area contributed by atoms with Gasteiger partial charge in [0.05, 0.1) is 11.1 Å². The molecular formula is C32H51Br2NO2. The number of carbonyl (C=O) groups is 2. The van der Waals surface area contributed by atoms with Gasteiger partial charge in [0.25, 0.3) is 11.8 Å². The molecule has 2 rings (SSSR count). The zero-order valence-electron chi connectivity index (χ0n) is 23.6. The number of amides is 2. The Morgan fingerprint density at radius 3 is 1.24 bits per heavy atom. The molecule has 1 atom stereocenters. The van der Waals surface area contributed by atoms with Crippen molar-refractivity contribution in [1.82, 2.24) is 4.90 Å². The van der Waals surface area contributed by atoms with Crippen LogP contribution in [0, 0.1) is 5.92 Å². The molecule has 3 nitrogen and oxygen atoms in total. The highest BCUT2D eigenvalue weighted by Crippen LogP contribution is 2.35. The summed E-state index contributed by atoms with van der Waals surface area (Å²) in [4.78, 5) is 27.9. The lowest BCUT2D eigenvalue weighted by Gasteiger charge is -2.23. The summed E-state index contributed by atoms with van der Waals surface area (Å²) in [5.74, 6) is 0.114. The van der Waals surface area contributed by atoms with Crippen LogP contribution in [0.3, 0.4) is 0 Å². The van der Waals surface area contributed by atoms with Crippen molar-refractivity contribution in [3.05, 3.63) is 32.2 Å². The zero-order valence-corrected chi connectivity index (χ0v) is 26.8. The number of hydrogen-bond donors (Lipinski definition) is 0. The second-order valence-electron chi connectivity index (χ2n) is 11.1. The summed E-state index contributed by atoms with van der Waals surface area (Å²) in [6, 6.07) is 3.69. The third-order valence-electron chi connectivity index (χ3n) is 7.89. The van der Waals surface area contributed by atoms with E-state index in [1.807, 2.05) is 12.1 Å². The Hall–Kier alpha value is -0.680. The Bertz CT molecular complexity index is 769. The van der Waals surface area contributed by atoms with E-state index in [9.17, 15) is 9.59 Å². The Kier molecular flexibility index (Phi) is 17.0. The van der Waals surface area contributed by atoms with Crippen LogP contribution in [0.15, 0.2) is 21.1 Å². The fraction of sp³-hybridized carbons (Fsp3) is 0.750. The molecule has 1 heterocycles. The first-order valence-electron chi connectivity index (χ1n) is 15.3. The zero-order chi connectivity index (χ0) is 26.9. The highest BCUT2D eigenvalue weighted by atomic mass is 79.9. The van der Waals surface area contributed by atoms with Crippen LogP contribution >= 0.6 is 31.9 Å². The number of unbranched alkanes of at least 4 members (excludes halogenated alkanes) is 16. The van der Waals surface area contributed by atoms with E-state index in [4.69, 9.17) is 0 Å². The fourth-order valence-corrected chi connectivity index (χ4v) is 6.57. The first-order chi connectivity index (χ1) is 18.0. The molecule has 0 spiro atoms. The molecule has 0 saturated carbocycles. The molecule has 1 aromatic carbocycles. The molecule has 1 unspecified atom stereocenters. The van der Waals surface area contributed by atoms with Gasteiger partial charge in [-0.25, -0.2) is 0 Å². The van der Waals surface area contributed by atoms with Gasteiger partial charge >= 0.3 is 0 Å². The summed E-state index contributed by atoms with van der Waals surface area (Å²) in [5.41, 5.74) is 1.04. The topological polar surface area (TPSA) is 37.4 Å². The van der Waals surface area contributed by atoms with Crippen LogP contribution in [-0.2, 0) is 0 Å². The summed E-state index contributed by atoms with van der Waals surface area (Å²) < 4.78 is 1.42.